The third kappa shape index (κ3) is 12.6. The molecule has 0 spiro atoms. The average Bonchev–Trinajstić information content (AvgIpc) is 2.94. The van der Waals surface area contributed by atoms with E-state index in [1.54, 1.807) is 7.05 Å². The lowest BCUT2D eigenvalue weighted by molar-refractivity contribution is 0.398. The molecular formula is C34H51N3. The van der Waals surface area contributed by atoms with Gasteiger partial charge in [0.05, 0.1) is 17.5 Å². The number of unbranched alkanes of at least 4 members (excludes halogenated alkanes) is 9. The molecule has 2 aromatic carbocycles. The molecule has 0 aliphatic rings. The van der Waals surface area contributed by atoms with E-state index in [2.05, 4.69) is 83.9 Å². The van der Waals surface area contributed by atoms with Crippen molar-refractivity contribution in [3.05, 3.63) is 71.8 Å². The Labute approximate surface area is 227 Å². The molecule has 0 heterocycles. The van der Waals surface area contributed by atoms with Crippen LogP contribution in [0.25, 0.3) is 0 Å². The molecule has 0 N–H and O–H groups in total. The first-order valence-corrected chi connectivity index (χ1v) is 15.0. The lowest BCUT2D eigenvalue weighted by Gasteiger charge is -2.28. The average molecular weight is 502 g/mol. The predicted molar refractivity (Wildman–Crippen MR) is 158 cm³/mol. The SMILES string of the molecule is CCCCCCCCCCCCC(C#N)(CCCC(CCCc1ccccc1)/N=N/C)c1ccccc1. The molecule has 3 heteroatoms. The van der Waals surface area contributed by atoms with E-state index >= 15 is 0 Å². The highest BCUT2D eigenvalue weighted by molar-refractivity contribution is 5.32. The quantitative estimate of drug-likeness (QED) is 0.124. The van der Waals surface area contributed by atoms with Crippen molar-refractivity contribution in [1.29, 1.82) is 5.26 Å². The van der Waals surface area contributed by atoms with Gasteiger partial charge in [0.1, 0.15) is 0 Å². The second-order valence-electron chi connectivity index (χ2n) is 10.7. The van der Waals surface area contributed by atoms with E-state index in [9.17, 15) is 5.26 Å². The monoisotopic (exact) mass is 501 g/mol. The van der Waals surface area contributed by atoms with Gasteiger partial charge < -0.3 is 0 Å². The molecule has 0 aliphatic heterocycles. The Kier molecular flexibility index (Phi) is 16.3. The maximum atomic E-state index is 10.4. The van der Waals surface area contributed by atoms with E-state index < -0.39 is 0 Å². The summed E-state index contributed by atoms with van der Waals surface area (Å²) in [5, 5.41) is 19.1. The van der Waals surface area contributed by atoms with E-state index in [0.717, 1.165) is 51.4 Å². The lowest BCUT2D eigenvalue weighted by atomic mass is 9.73. The Balaban J connectivity index is 1.82. The maximum Gasteiger partial charge on any atom is 0.0822 e. The van der Waals surface area contributed by atoms with E-state index in [1.165, 1.54) is 68.9 Å². The second kappa shape index (κ2) is 19.6. The van der Waals surface area contributed by atoms with Gasteiger partial charge in [-0.05, 0) is 56.1 Å². The van der Waals surface area contributed by atoms with Crippen LogP contribution < -0.4 is 0 Å². The second-order valence-corrected chi connectivity index (χ2v) is 10.7. The predicted octanol–water partition coefficient (Wildman–Crippen LogP) is 10.4. The van der Waals surface area contributed by atoms with E-state index in [1.807, 2.05) is 0 Å². The molecule has 2 unspecified atom stereocenters. The van der Waals surface area contributed by atoms with Gasteiger partial charge in [-0.2, -0.15) is 15.5 Å². The molecule has 3 nitrogen and oxygen atoms in total. The first kappa shape index (κ1) is 30.8. The summed E-state index contributed by atoms with van der Waals surface area (Å²) < 4.78 is 0. The van der Waals surface area contributed by atoms with E-state index in [4.69, 9.17) is 0 Å². The first-order chi connectivity index (χ1) is 18.2. The number of nitriles is 1. The Morgan fingerprint density at radius 2 is 1.24 bits per heavy atom. The molecule has 0 saturated carbocycles. The number of benzene rings is 2. The van der Waals surface area contributed by atoms with Crippen LogP contribution in [0.4, 0.5) is 0 Å². The third-order valence-electron chi connectivity index (χ3n) is 7.76. The van der Waals surface area contributed by atoms with Gasteiger partial charge in [0.2, 0.25) is 0 Å². The van der Waals surface area contributed by atoms with Crippen LogP contribution in [0.1, 0.15) is 121 Å². The van der Waals surface area contributed by atoms with Crippen molar-refractivity contribution in [3.63, 3.8) is 0 Å². The van der Waals surface area contributed by atoms with Crippen molar-refractivity contribution in [2.45, 2.75) is 128 Å². The van der Waals surface area contributed by atoms with Gasteiger partial charge in [0.25, 0.3) is 0 Å². The van der Waals surface area contributed by atoms with Crippen molar-refractivity contribution >= 4 is 0 Å². The highest BCUT2D eigenvalue weighted by Crippen LogP contribution is 2.35. The molecule has 0 saturated heterocycles. The van der Waals surface area contributed by atoms with Gasteiger partial charge in [-0.1, -0.05) is 132 Å². The van der Waals surface area contributed by atoms with Crippen LogP contribution in [-0.2, 0) is 11.8 Å². The molecule has 0 aromatic heterocycles. The molecule has 2 atom stereocenters. The minimum absolute atomic E-state index is 0.248. The van der Waals surface area contributed by atoms with Gasteiger partial charge in [0.15, 0.2) is 0 Å². The van der Waals surface area contributed by atoms with Gasteiger partial charge in [-0.15, -0.1) is 0 Å². The number of rotatable bonds is 21. The van der Waals surface area contributed by atoms with E-state index in [-0.39, 0.29) is 11.5 Å². The van der Waals surface area contributed by atoms with Crippen LogP contribution in [-0.4, -0.2) is 13.1 Å². The van der Waals surface area contributed by atoms with Crippen LogP contribution >= 0.6 is 0 Å². The van der Waals surface area contributed by atoms with E-state index in [0.29, 0.717) is 0 Å². The lowest BCUT2D eigenvalue weighted by Crippen LogP contribution is -2.25. The number of hydrogen-bond donors (Lipinski definition) is 0. The van der Waals surface area contributed by atoms with Crippen LogP contribution in [0.3, 0.4) is 0 Å². The Hall–Kier alpha value is -2.47. The van der Waals surface area contributed by atoms with Gasteiger partial charge >= 0.3 is 0 Å². The Morgan fingerprint density at radius 1 is 0.703 bits per heavy atom. The van der Waals surface area contributed by atoms with Crippen molar-refractivity contribution in [2.75, 3.05) is 7.05 Å². The van der Waals surface area contributed by atoms with Gasteiger partial charge in [-0.3, -0.25) is 0 Å². The molecule has 2 rings (SSSR count). The van der Waals surface area contributed by atoms with Crippen LogP contribution in [0.5, 0.6) is 0 Å². The smallest absolute Gasteiger partial charge is 0.0822 e. The van der Waals surface area contributed by atoms with Crippen molar-refractivity contribution in [2.24, 2.45) is 10.2 Å². The molecular weight excluding hydrogens is 450 g/mol. The zero-order chi connectivity index (χ0) is 26.4. The first-order valence-electron chi connectivity index (χ1n) is 15.0. The summed E-state index contributed by atoms with van der Waals surface area (Å²) in [6.45, 7) is 2.28. The van der Waals surface area contributed by atoms with Crippen LogP contribution in [0.2, 0.25) is 0 Å². The third-order valence-corrected chi connectivity index (χ3v) is 7.76. The molecule has 0 radical (unpaired) electrons. The number of aryl methyl sites for hydroxylation is 1. The molecule has 37 heavy (non-hydrogen) atoms. The zero-order valence-electron chi connectivity index (χ0n) is 23.7. The standard InChI is InChI=1S/C34H51N3/c1-3-4-5-6-7-8-9-10-11-18-28-34(30-35,32-24-16-13-17-25-32)29-20-27-33(37-36-2)26-19-23-31-21-14-12-15-22-31/h12-17,21-22,24-25,33H,3-11,18-20,23,26-29H2,1-2H3/b37-36+. The summed E-state index contributed by atoms with van der Waals surface area (Å²) in [6.07, 6.45) is 20.4. The Bertz CT molecular complexity index is 871. The summed E-state index contributed by atoms with van der Waals surface area (Å²) in [6, 6.07) is 24.2. The summed E-state index contributed by atoms with van der Waals surface area (Å²) in [4.78, 5) is 0. The fourth-order valence-corrected chi connectivity index (χ4v) is 5.51. The molecule has 0 bridgehead atoms. The number of nitrogens with zero attached hydrogens (tertiary/aromatic N) is 3. The van der Waals surface area contributed by atoms with Gasteiger partial charge in [0, 0.05) is 7.05 Å². The summed E-state index contributed by atoms with van der Waals surface area (Å²) in [5.41, 5.74) is 2.18. The minimum Gasteiger partial charge on any atom is -0.197 e. The molecule has 0 amide bonds. The number of hydrogen-bond acceptors (Lipinski definition) is 3. The zero-order valence-corrected chi connectivity index (χ0v) is 23.7. The highest BCUT2D eigenvalue weighted by Gasteiger charge is 2.31. The normalized spacial score (nSPS) is 13.9. The topological polar surface area (TPSA) is 48.5 Å². The van der Waals surface area contributed by atoms with Crippen molar-refractivity contribution in [3.8, 4) is 6.07 Å². The molecule has 0 aliphatic carbocycles. The molecule has 0 fully saturated rings. The van der Waals surface area contributed by atoms with Crippen LogP contribution in [0, 0.1) is 11.3 Å². The fourth-order valence-electron chi connectivity index (χ4n) is 5.51. The minimum atomic E-state index is -0.390. The summed E-state index contributed by atoms with van der Waals surface area (Å²) >= 11 is 0. The van der Waals surface area contributed by atoms with Crippen molar-refractivity contribution in [1.82, 2.24) is 0 Å². The molecule has 2 aromatic rings. The maximum absolute atomic E-state index is 10.4. The van der Waals surface area contributed by atoms with Gasteiger partial charge in [-0.25, -0.2) is 0 Å². The van der Waals surface area contributed by atoms with Crippen LogP contribution in [0.15, 0.2) is 70.9 Å². The largest absolute Gasteiger partial charge is 0.197 e. The van der Waals surface area contributed by atoms with Crippen molar-refractivity contribution < 1.29 is 0 Å². The fraction of sp³-hybridized carbons (Fsp3) is 0.618. The summed E-state index contributed by atoms with van der Waals surface area (Å²) in [5.74, 6) is 0. The Morgan fingerprint density at radius 3 is 1.84 bits per heavy atom. The highest BCUT2D eigenvalue weighted by atomic mass is 15.1. The summed E-state index contributed by atoms with van der Waals surface area (Å²) in [7, 11) is 1.78. The molecule has 202 valence electrons. The number of azo groups is 1.